The summed E-state index contributed by atoms with van der Waals surface area (Å²) in [4.78, 5) is 26.5. The highest BCUT2D eigenvalue weighted by molar-refractivity contribution is 5.94. The number of rotatable bonds is 2. The second kappa shape index (κ2) is 6.06. The molecule has 0 saturated carbocycles. The fraction of sp³-hybridized carbons (Fsp3) is 0.143. The van der Waals surface area contributed by atoms with Crippen LogP contribution in [-0.4, -0.2) is 5.91 Å². The van der Waals surface area contributed by atoms with Gasteiger partial charge in [0.15, 0.2) is 5.43 Å². The molecule has 1 unspecified atom stereocenters. The SMILES string of the molecule is CC(=O)N1C=CC(Cc2ccccc2)c2c1oc1ccccc1c2=O. The number of carbonyl (C=O) groups excluding carboxylic acids is 1. The third kappa shape index (κ3) is 2.66. The second-order valence-electron chi connectivity index (χ2n) is 6.17. The molecule has 1 aromatic heterocycles. The maximum Gasteiger partial charge on any atom is 0.230 e. The monoisotopic (exact) mass is 331 g/mol. The van der Waals surface area contributed by atoms with Crippen molar-refractivity contribution in [2.45, 2.75) is 19.3 Å². The molecule has 4 nitrogen and oxygen atoms in total. The largest absolute Gasteiger partial charge is 0.439 e. The Balaban J connectivity index is 1.91. The van der Waals surface area contributed by atoms with Gasteiger partial charge in [0.25, 0.3) is 0 Å². The molecule has 0 aliphatic carbocycles. The van der Waals surface area contributed by atoms with Gasteiger partial charge in [0, 0.05) is 19.0 Å². The lowest BCUT2D eigenvalue weighted by atomic mass is 9.89. The van der Waals surface area contributed by atoms with Crippen molar-refractivity contribution in [1.29, 1.82) is 0 Å². The highest BCUT2D eigenvalue weighted by atomic mass is 16.4. The Morgan fingerprint density at radius 1 is 1.08 bits per heavy atom. The average molecular weight is 331 g/mol. The van der Waals surface area contributed by atoms with Gasteiger partial charge in [0.1, 0.15) is 5.58 Å². The van der Waals surface area contributed by atoms with Gasteiger partial charge in [-0.1, -0.05) is 48.5 Å². The van der Waals surface area contributed by atoms with E-state index in [-0.39, 0.29) is 17.3 Å². The molecule has 4 heteroatoms. The second-order valence-corrected chi connectivity index (χ2v) is 6.17. The van der Waals surface area contributed by atoms with Crippen LogP contribution < -0.4 is 10.3 Å². The van der Waals surface area contributed by atoms with E-state index in [1.54, 1.807) is 18.3 Å². The van der Waals surface area contributed by atoms with Crippen LogP contribution in [0.2, 0.25) is 0 Å². The molecule has 0 spiro atoms. The van der Waals surface area contributed by atoms with Gasteiger partial charge in [-0.2, -0.15) is 0 Å². The van der Waals surface area contributed by atoms with Crippen LogP contribution in [0, 0.1) is 0 Å². The van der Waals surface area contributed by atoms with Crippen molar-refractivity contribution >= 4 is 22.8 Å². The number of benzene rings is 2. The number of amides is 1. The minimum Gasteiger partial charge on any atom is -0.439 e. The van der Waals surface area contributed by atoms with E-state index in [2.05, 4.69) is 0 Å². The number of para-hydroxylation sites is 1. The average Bonchev–Trinajstić information content (AvgIpc) is 2.62. The van der Waals surface area contributed by atoms with Crippen LogP contribution in [-0.2, 0) is 11.2 Å². The van der Waals surface area contributed by atoms with Crippen molar-refractivity contribution in [3.63, 3.8) is 0 Å². The number of carbonyl (C=O) groups is 1. The van der Waals surface area contributed by atoms with Gasteiger partial charge in [-0.3, -0.25) is 14.5 Å². The molecule has 1 atom stereocenters. The molecular formula is C21H17NO3. The molecule has 1 aliphatic rings. The molecule has 1 amide bonds. The van der Waals surface area contributed by atoms with Crippen molar-refractivity contribution in [2.24, 2.45) is 0 Å². The first-order valence-corrected chi connectivity index (χ1v) is 8.23. The van der Waals surface area contributed by atoms with Gasteiger partial charge in [-0.25, -0.2) is 0 Å². The van der Waals surface area contributed by atoms with Crippen molar-refractivity contribution < 1.29 is 9.21 Å². The van der Waals surface area contributed by atoms with Crippen LogP contribution in [0.15, 0.2) is 76.1 Å². The molecule has 0 bridgehead atoms. The van der Waals surface area contributed by atoms with Crippen LogP contribution in [0.3, 0.4) is 0 Å². The van der Waals surface area contributed by atoms with Crippen molar-refractivity contribution in [3.8, 4) is 0 Å². The standard InChI is InChI=1S/C21H17NO3/c1-14(23)22-12-11-16(13-15-7-3-2-4-8-15)19-20(24)17-9-5-6-10-18(17)25-21(19)22/h2-12,16H,13H2,1H3. The smallest absolute Gasteiger partial charge is 0.230 e. The van der Waals surface area contributed by atoms with E-state index in [0.717, 1.165) is 5.56 Å². The minimum atomic E-state index is -0.186. The van der Waals surface area contributed by atoms with Crippen LogP contribution >= 0.6 is 0 Å². The zero-order chi connectivity index (χ0) is 17.4. The summed E-state index contributed by atoms with van der Waals surface area (Å²) >= 11 is 0. The van der Waals surface area contributed by atoms with Gasteiger partial charge in [0.2, 0.25) is 11.8 Å². The Labute approximate surface area is 145 Å². The van der Waals surface area contributed by atoms with Crippen LogP contribution in [0.5, 0.6) is 0 Å². The summed E-state index contributed by atoms with van der Waals surface area (Å²) in [5.74, 6) is 0.0163. The predicted molar refractivity (Wildman–Crippen MR) is 97.7 cm³/mol. The van der Waals surface area contributed by atoms with Gasteiger partial charge in [-0.05, 0) is 24.1 Å². The summed E-state index contributed by atoms with van der Waals surface area (Å²) in [6.07, 6.45) is 4.29. The van der Waals surface area contributed by atoms with Crippen molar-refractivity contribution in [2.75, 3.05) is 4.90 Å². The highest BCUT2D eigenvalue weighted by Gasteiger charge is 2.29. The Morgan fingerprint density at radius 2 is 1.80 bits per heavy atom. The summed E-state index contributed by atoms with van der Waals surface area (Å²) in [6, 6.07) is 17.1. The third-order valence-electron chi connectivity index (χ3n) is 4.51. The first kappa shape index (κ1) is 15.4. The van der Waals surface area contributed by atoms with Gasteiger partial charge in [0.05, 0.1) is 10.9 Å². The number of fused-ring (bicyclic) bond motifs is 2. The molecular weight excluding hydrogens is 314 g/mol. The zero-order valence-corrected chi connectivity index (χ0v) is 13.8. The number of anilines is 1. The minimum absolute atomic E-state index is 0.0756. The predicted octanol–water partition coefficient (Wildman–Crippen LogP) is 4.00. The lowest BCUT2D eigenvalue weighted by Gasteiger charge is -2.26. The topological polar surface area (TPSA) is 50.5 Å². The molecule has 1 aliphatic heterocycles. The van der Waals surface area contributed by atoms with Crippen LogP contribution in [0.1, 0.15) is 24.0 Å². The lowest BCUT2D eigenvalue weighted by molar-refractivity contribution is -0.116. The van der Waals surface area contributed by atoms with E-state index in [1.165, 1.54) is 11.8 Å². The molecule has 2 aromatic carbocycles. The van der Waals surface area contributed by atoms with E-state index in [4.69, 9.17) is 4.42 Å². The quantitative estimate of drug-likeness (QED) is 0.713. The van der Waals surface area contributed by atoms with Crippen LogP contribution in [0.25, 0.3) is 11.0 Å². The maximum atomic E-state index is 13.1. The van der Waals surface area contributed by atoms with Gasteiger partial charge >= 0.3 is 0 Å². The Morgan fingerprint density at radius 3 is 2.56 bits per heavy atom. The molecule has 124 valence electrons. The molecule has 0 fully saturated rings. The first-order chi connectivity index (χ1) is 12.1. The maximum absolute atomic E-state index is 13.1. The molecule has 25 heavy (non-hydrogen) atoms. The zero-order valence-electron chi connectivity index (χ0n) is 13.8. The van der Waals surface area contributed by atoms with Crippen LogP contribution in [0.4, 0.5) is 5.88 Å². The van der Waals surface area contributed by atoms with Crippen molar-refractivity contribution in [3.05, 3.63) is 88.2 Å². The Bertz CT molecular complexity index is 1030. The lowest BCUT2D eigenvalue weighted by Crippen LogP contribution is -2.30. The fourth-order valence-corrected chi connectivity index (χ4v) is 3.29. The summed E-state index contributed by atoms with van der Waals surface area (Å²) < 4.78 is 5.96. The summed E-state index contributed by atoms with van der Waals surface area (Å²) in [5, 5.41) is 0.540. The molecule has 4 rings (SSSR count). The van der Waals surface area contributed by atoms with E-state index < -0.39 is 0 Å². The number of nitrogens with zero attached hydrogens (tertiary/aromatic N) is 1. The first-order valence-electron chi connectivity index (χ1n) is 8.23. The molecule has 3 aromatic rings. The third-order valence-corrected chi connectivity index (χ3v) is 4.51. The molecule has 0 saturated heterocycles. The number of allylic oxidation sites excluding steroid dienone is 1. The highest BCUT2D eigenvalue weighted by Crippen LogP contribution is 2.35. The number of hydrogen-bond acceptors (Lipinski definition) is 3. The van der Waals surface area contributed by atoms with E-state index in [1.807, 2.05) is 48.5 Å². The summed E-state index contributed by atoms with van der Waals surface area (Å²) in [5.41, 5.74) is 2.09. The Kier molecular flexibility index (Phi) is 3.73. The number of hydrogen-bond donors (Lipinski definition) is 0. The van der Waals surface area contributed by atoms with Gasteiger partial charge < -0.3 is 4.42 Å². The van der Waals surface area contributed by atoms with E-state index >= 15 is 0 Å². The molecule has 2 heterocycles. The summed E-state index contributed by atoms with van der Waals surface area (Å²) in [7, 11) is 0. The summed E-state index contributed by atoms with van der Waals surface area (Å²) in [6.45, 7) is 1.46. The van der Waals surface area contributed by atoms with E-state index in [0.29, 0.717) is 28.8 Å². The fourth-order valence-electron chi connectivity index (χ4n) is 3.29. The van der Waals surface area contributed by atoms with E-state index in [9.17, 15) is 9.59 Å². The molecule has 0 radical (unpaired) electrons. The molecule has 0 N–H and O–H groups in total. The Hall–Kier alpha value is -3.14. The van der Waals surface area contributed by atoms with Gasteiger partial charge in [-0.15, -0.1) is 0 Å². The van der Waals surface area contributed by atoms with Crippen molar-refractivity contribution in [1.82, 2.24) is 0 Å². The normalized spacial score (nSPS) is 16.0.